The molecular formula is C15H13FOS2. The molecule has 1 N–H and O–H groups in total. The Bertz CT molecular complexity index is 595. The Kier molecular flexibility index (Phi) is 5.46. The van der Waals surface area contributed by atoms with Crippen LogP contribution in [-0.4, -0.2) is 11.7 Å². The second-order valence-electron chi connectivity index (χ2n) is 3.80. The highest BCUT2D eigenvalue weighted by atomic mass is 32.2. The Morgan fingerprint density at radius 1 is 1.32 bits per heavy atom. The zero-order valence-electron chi connectivity index (χ0n) is 10.2. The first kappa shape index (κ1) is 14.1. The minimum absolute atomic E-state index is 0.0904. The minimum atomic E-state index is -0.174. The van der Waals surface area contributed by atoms with E-state index in [1.165, 1.54) is 22.7 Å². The molecule has 4 heteroatoms. The number of hydrogen-bond donors (Lipinski definition) is 1. The molecule has 19 heavy (non-hydrogen) atoms. The molecule has 0 saturated heterocycles. The van der Waals surface area contributed by atoms with Gasteiger partial charge in [0.2, 0.25) is 0 Å². The molecule has 1 heterocycles. The molecule has 2 rings (SSSR count). The highest BCUT2D eigenvalue weighted by Crippen LogP contribution is 2.27. The van der Waals surface area contributed by atoms with E-state index >= 15 is 0 Å². The first-order valence-corrected chi connectivity index (χ1v) is 7.70. The van der Waals surface area contributed by atoms with Crippen molar-refractivity contribution in [3.05, 3.63) is 52.0 Å². The van der Waals surface area contributed by atoms with Crippen LogP contribution in [0.5, 0.6) is 0 Å². The van der Waals surface area contributed by atoms with E-state index in [9.17, 15) is 4.39 Å². The second-order valence-corrected chi connectivity index (χ2v) is 5.81. The van der Waals surface area contributed by atoms with Crippen molar-refractivity contribution in [2.45, 2.75) is 17.1 Å². The minimum Gasteiger partial charge on any atom is -0.395 e. The quantitative estimate of drug-likeness (QED) is 0.681. The van der Waals surface area contributed by atoms with E-state index in [0.717, 1.165) is 11.3 Å². The second kappa shape index (κ2) is 7.34. The predicted octanol–water partition coefficient (Wildman–Crippen LogP) is 3.91. The molecule has 0 atom stereocenters. The zero-order valence-corrected chi connectivity index (χ0v) is 11.9. The van der Waals surface area contributed by atoms with Gasteiger partial charge < -0.3 is 5.11 Å². The van der Waals surface area contributed by atoms with Crippen molar-refractivity contribution in [1.29, 1.82) is 0 Å². The lowest BCUT2D eigenvalue weighted by atomic mass is 10.3. The molecule has 0 aliphatic rings. The van der Waals surface area contributed by atoms with Gasteiger partial charge in [-0.05, 0) is 18.2 Å². The number of aliphatic hydroxyl groups is 1. The van der Waals surface area contributed by atoms with E-state index in [1.807, 2.05) is 17.5 Å². The molecule has 98 valence electrons. The van der Waals surface area contributed by atoms with Gasteiger partial charge in [-0.25, -0.2) is 4.39 Å². The summed E-state index contributed by atoms with van der Waals surface area (Å²) in [5, 5.41) is 10.6. The third-order valence-electron chi connectivity index (χ3n) is 2.33. The van der Waals surface area contributed by atoms with Gasteiger partial charge in [-0.15, -0.1) is 23.1 Å². The van der Waals surface area contributed by atoms with Crippen LogP contribution in [0.2, 0.25) is 0 Å². The van der Waals surface area contributed by atoms with Crippen molar-refractivity contribution < 1.29 is 9.50 Å². The summed E-state index contributed by atoms with van der Waals surface area (Å²) in [6.07, 6.45) is 0.495. The number of thiophene rings is 1. The maximum atomic E-state index is 13.4. The van der Waals surface area contributed by atoms with Crippen LogP contribution in [0.4, 0.5) is 4.39 Å². The van der Waals surface area contributed by atoms with Gasteiger partial charge in [0.15, 0.2) is 0 Å². The average molecular weight is 292 g/mol. The molecule has 0 bridgehead atoms. The van der Waals surface area contributed by atoms with E-state index in [-0.39, 0.29) is 12.4 Å². The smallest absolute Gasteiger partial charge is 0.136 e. The van der Waals surface area contributed by atoms with Crippen molar-refractivity contribution in [2.24, 2.45) is 0 Å². The fraction of sp³-hybridized carbons (Fsp3) is 0.200. The molecule has 1 aromatic carbocycles. The largest absolute Gasteiger partial charge is 0.395 e. The van der Waals surface area contributed by atoms with Gasteiger partial charge in [-0.1, -0.05) is 24.0 Å². The van der Waals surface area contributed by atoms with E-state index < -0.39 is 0 Å². The highest BCUT2D eigenvalue weighted by Gasteiger charge is 2.03. The fourth-order valence-corrected chi connectivity index (χ4v) is 3.26. The summed E-state index contributed by atoms with van der Waals surface area (Å²) < 4.78 is 13.4. The summed E-state index contributed by atoms with van der Waals surface area (Å²) in [6.45, 7) is 0.0904. The number of rotatable bonds is 4. The zero-order chi connectivity index (χ0) is 13.5. The molecule has 0 amide bonds. The van der Waals surface area contributed by atoms with Crippen molar-refractivity contribution in [2.75, 3.05) is 6.61 Å². The van der Waals surface area contributed by atoms with Gasteiger partial charge in [0.05, 0.1) is 6.61 Å². The number of hydrogen-bond acceptors (Lipinski definition) is 3. The molecule has 0 aliphatic heterocycles. The maximum absolute atomic E-state index is 13.4. The molecule has 0 unspecified atom stereocenters. The van der Waals surface area contributed by atoms with E-state index in [0.29, 0.717) is 11.3 Å². The summed E-state index contributed by atoms with van der Waals surface area (Å²) in [7, 11) is 0. The third-order valence-corrected chi connectivity index (χ3v) is 4.55. The monoisotopic (exact) mass is 292 g/mol. The van der Waals surface area contributed by atoms with Crippen molar-refractivity contribution in [1.82, 2.24) is 0 Å². The Labute approximate surface area is 120 Å². The number of thioether (sulfide) groups is 1. The summed E-state index contributed by atoms with van der Waals surface area (Å²) in [5.41, 5.74) is 0.961. The summed E-state index contributed by atoms with van der Waals surface area (Å²) in [6, 6.07) is 8.81. The Hall–Kier alpha value is -1.28. The fourth-order valence-electron chi connectivity index (χ4n) is 1.45. The van der Waals surface area contributed by atoms with Gasteiger partial charge in [-0.3, -0.25) is 0 Å². The summed E-state index contributed by atoms with van der Waals surface area (Å²) in [4.78, 5) is 1.84. The summed E-state index contributed by atoms with van der Waals surface area (Å²) in [5.74, 6) is 6.45. The van der Waals surface area contributed by atoms with Crippen molar-refractivity contribution in [3.8, 4) is 11.8 Å². The van der Waals surface area contributed by atoms with E-state index in [2.05, 4.69) is 11.8 Å². The molecule has 0 spiro atoms. The molecule has 1 nitrogen and oxygen atoms in total. The van der Waals surface area contributed by atoms with Crippen LogP contribution in [-0.2, 0) is 5.75 Å². The molecule has 1 aromatic heterocycles. The molecule has 0 aliphatic carbocycles. The van der Waals surface area contributed by atoms with Gasteiger partial charge in [0, 0.05) is 32.9 Å². The van der Waals surface area contributed by atoms with Crippen molar-refractivity contribution >= 4 is 23.1 Å². The average Bonchev–Trinajstić information content (AvgIpc) is 2.86. The van der Waals surface area contributed by atoms with E-state index in [1.54, 1.807) is 23.5 Å². The van der Waals surface area contributed by atoms with Crippen LogP contribution >= 0.6 is 23.1 Å². The topological polar surface area (TPSA) is 20.2 Å². The predicted molar refractivity (Wildman–Crippen MR) is 78.9 cm³/mol. The van der Waals surface area contributed by atoms with Gasteiger partial charge >= 0.3 is 0 Å². The molecule has 0 fully saturated rings. The van der Waals surface area contributed by atoms with Gasteiger partial charge in [-0.2, -0.15) is 0 Å². The number of benzene rings is 1. The summed E-state index contributed by atoms with van der Waals surface area (Å²) >= 11 is 3.11. The Morgan fingerprint density at radius 2 is 2.16 bits per heavy atom. The normalized spacial score (nSPS) is 10.0. The first-order chi connectivity index (χ1) is 9.29. The highest BCUT2D eigenvalue weighted by molar-refractivity contribution is 7.98. The lowest BCUT2D eigenvalue weighted by Gasteiger charge is -2.00. The van der Waals surface area contributed by atoms with Crippen LogP contribution in [0.25, 0.3) is 0 Å². The van der Waals surface area contributed by atoms with Gasteiger partial charge in [0.25, 0.3) is 0 Å². The Morgan fingerprint density at radius 3 is 2.95 bits per heavy atom. The van der Waals surface area contributed by atoms with E-state index in [4.69, 9.17) is 5.11 Å². The van der Waals surface area contributed by atoms with Crippen LogP contribution in [0.15, 0.2) is 40.6 Å². The SMILES string of the molecule is OCCC#Cc1csc(CSc2ccccc2F)c1. The molecule has 0 radical (unpaired) electrons. The number of aliphatic hydroxyl groups excluding tert-OH is 1. The molecule has 0 saturated carbocycles. The maximum Gasteiger partial charge on any atom is 0.136 e. The third kappa shape index (κ3) is 4.39. The molecule has 2 aromatic rings. The van der Waals surface area contributed by atoms with Gasteiger partial charge in [0.1, 0.15) is 5.82 Å². The van der Waals surface area contributed by atoms with Crippen LogP contribution in [0, 0.1) is 17.7 Å². The van der Waals surface area contributed by atoms with Crippen LogP contribution < -0.4 is 0 Å². The van der Waals surface area contributed by atoms with Crippen LogP contribution in [0.3, 0.4) is 0 Å². The first-order valence-electron chi connectivity index (χ1n) is 5.84. The molecular weight excluding hydrogens is 279 g/mol. The van der Waals surface area contributed by atoms with Crippen LogP contribution in [0.1, 0.15) is 16.9 Å². The standard InChI is InChI=1S/C15H13FOS2/c16-14-6-1-2-7-15(14)19-11-13-9-12(10-18-13)5-3-4-8-17/h1-2,6-7,9-10,17H,4,8,11H2. The lowest BCUT2D eigenvalue weighted by molar-refractivity contribution is 0.305. The number of halogens is 1. The van der Waals surface area contributed by atoms with Crippen molar-refractivity contribution in [3.63, 3.8) is 0 Å². The lowest BCUT2D eigenvalue weighted by Crippen LogP contribution is -1.80. The Balaban J connectivity index is 1.94.